The summed E-state index contributed by atoms with van der Waals surface area (Å²) in [6, 6.07) is 14.6. The molecule has 12 heteroatoms. The van der Waals surface area contributed by atoms with Crippen molar-refractivity contribution in [3.8, 4) is 0 Å². The molecule has 0 unspecified atom stereocenters. The molecule has 0 amide bonds. The Bertz CT molecular complexity index is 1470. The van der Waals surface area contributed by atoms with E-state index in [1.54, 1.807) is 0 Å². The van der Waals surface area contributed by atoms with Crippen molar-refractivity contribution in [1.82, 2.24) is 0 Å². The minimum absolute atomic E-state index is 0. The van der Waals surface area contributed by atoms with Gasteiger partial charge in [0.2, 0.25) is 0 Å². The Morgan fingerprint density at radius 2 is 1.22 bits per heavy atom. The van der Waals surface area contributed by atoms with Gasteiger partial charge in [0.1, 0.15) is 11.2 Å². The van der Waals surface area contributed by atoms with E-state index in [2.05, 4.69) is 61.6 Å². The fraction of sp³-hybridized carbons (Fsp3) is 0.379. The molecule has 217 valence electrons. The first-order valence-corrected chi connectivity index (χ1v) is 14.9. The zero-order chi connectivity index (χ0) is 28.9. The molecule has 8 nitrogen and oxygen atoms in total. The maximum absolute atomic E-state index is 11.4. The first kappa shape index (κ1) is 39.4. The smallest absolute Gasteiger partial charge is 1.00 e. The molecule has 4 rings (SSSR count). The first-order valence-electron chi connectivity index (χ1n) is 12.6. The van der Waals surface area contributed by atoms with E-state index in [-0.39, 0.29) is 51.6 Å². The van der Waals surface area contributed by atoms with Gasteiger partial charge in [-0.2, -0.15) is 0 Å². The van der Waals surface area contributed by atoms with Crippen LogP contribution >= 0.6 is 31.9 Å². The van der Waals surface area contributed by atoms with Crippen molar-refractivity contribution < 1.29 is 50.0 Å². The molecule has 0 aliphatic heterocycles. The Morgan fingerprint density at radius 1 is 0.780 bits per heavy atom. The third-order valence-corrected chi connectivity index (χ3v) is 6.83. The van der Waals surface area contributed by atoms with Gasteiger partial charge in [0, 0.05) is 98.8 Å². The number of nitrogens with zero attached hydrogens (tertiary/aromatic N) is 2. The van der Waals surface area contributed by atoms with Crippen LogP contribution in [0.1, 0.15) is 26.4 Å². The molecule has 2 aromatic carbocycles. The second-order valence-electron chi connectivity index (χ2n) is 8.40. The Morgan fingerprint density at radius 3 is 1.66 bits per heavy atom. The second-order valence-corrected chi connectivity index (χ2v) is 9.98. The van der Waals surface area contributed by atoms with Gasteiger partial charge in [-0.3, -0.25) is 0 Å². The molecule has 41 heavy (non-hydrogen) atoms. The predicted molar refractivity (Wildman–Crippen MR) is 174 cm³/mol. The number of aliphatic hydroxyl groups excluding tert-OH is 2. The first-order chi connectivity index (χ1) is 18.8. The summed E-state index contributed by atoms with van der Waals surface area (Å²) >= 11 is 6.87. The number of benzene rings is 2. The van der Waals surface area contributed by atoms with Crippen LogP contribution in [0.4, 0.5) is 11.4 Å². The van der Waals surface area contributed by atoms with Gasteiger partial charge in [-0.05, 0) is 56.2 Å². The van der Waals surface area contributed by atoms with Crippen LogP contribution in [-0.4, -0.2) is 62.6 Å². The Hall–Kier alpha value is -1.60. The van der Waals surface area contributed by atoms with E-state index in [0.717, 1.165) is 71.7 Å². The minimum atomic E-state index is -0.433. The molecule has 2 N–H and O–H groups in total. The van der Waals surface area contributed by atoms with Gasteiger partial charge < -0.3 is 30.3 Å². The van der Waals surface area contributed by atoms with Crippen molar-refractivity contribution in [2.24, 2.45) is 0 Å². The van der Waals surface area contributed by atoms with Crippen LogP contribution in [0.2, 0.25) is 0 Å². The molecular formula is C29H37BBr2N2NaO6. The molecule has 0 fully saturated rings. The standard InChI is InChI=1S/C14H16BrNO3.C14H16BrNO2.CH4O.B.Na.H/c1-2-16(6-5-15)11-3-4-12-10(9-17)7-14(18)19-13(12)8-11;1-3-16(7-6-15)11-4-5-12-10(2)8-14(17)18-13(12)9-11;1-2;;;/h3-4,7-8,17H,2,5-6,9H2,1H3;4-5,8-9H,3,6-7H2,1-2H3;2H,1H3;;;/q;;;;+1;-1. The van der Waals surface area contributed by atoms with Crippen molar-refractivity contribution >= 4 is 73.6 Å². The van der Waals surface area contributed by atoms with E-state index in [0.29, 0.717) is 16.7 Å². The molecule has 0 atom stereocenters. The van der Waals surface area contributed by atoms with Gasteiger partial charge in [0.05, 0.1) is 6.61 Å². The molecule has 0 aliphatic rings. The molecule has 2 heterocycles. The predicted octanol–water partition coefficient (Wildman–Crippen LogP) is 2.17. The van der Waals surface area contributed by atoms with Crippen LogP contribution in [0.15, 0.2) is 67.0 Å². The summed E-state index contributed by atoms with van der Waals surface area (Å²) in [6.45, 7) is 9.56. The van der Waals surface area contributed by atoms with Gasteiger partial charge in [-0.1, -0.05) is 31.9 Å². The van der Waals surface area contributed by atoms with Crippen molar-refractivity contribution in [2.45, 2.75) is 27.4 Å². The van der Waals surface area contributed by atoms with E-state index in [1.165, 1.54) is 12.1 Å². The fourth-order valence-electron chi connectivity index (χ4n) is 4.20. The topological polar surface area (TPSA) is 107 Å². The van der Waals surface area contributed by atoms with Gasteiger partial charge in [-0.15, -0.1) is 0 Å². The fourth-order valence-corrected chi connectivity index (χ4v) is 5.06. The minimum Gasteiger partial charge on any atom is -1.00 e. The molecule has 0 saturated carbocycles. The summed E-state index contributed by atoms with van der Waals surface area (Å²) in [7, 11) is 1.00. The molecule has 2 aromatic heterocycles. The monoisotopic (exact) mass is 701 g/mol. The number of alkyl halides is 2. The van der Waals surface area contributed by atoms with Crippen LogP contribution in [0.5, 0.6) is 0 Å². The van der Waals surface area contributed by atoms with Crippen LogP contribution in [0.3, 0.4) is 0 Å². The molecule has 0 spiro atoms. The molecule has 0 aliphatic carbocycles. The SMILES string of the molecule is CCN(CCBr)c1ccc2c(C)cc(=O)oc2c1.CCN(CCBr)c1ccc2c(CO)cc(=O)oc2c1.CO.[B].[H-].[Na+]. The average Bonchev–Trinajstić information content (AvgIpc) is 2.94. The molecule has 3 radical (unpaired) electrons. The maximum atomic E-state index is 11.4. The third kappa shape index (κ3) is 10.9. The summed E-state index contributed by atoms with van der Waals surface area (Å²) in [4.78, 5) is 27.2. The number of anilines is 2. The molecule has 0 saturated heterocycles. The Labute approximate surface area is 283 Å². The molecule has 4 aromatic rings. The van der Waals surface area contributed by atoms with Crippen molar-refractivity contribution in [3.63, 3.8) is 0 Å². The average molecular weight is 703 g/mol. The number of hydrogen-bond acceptors (Lipinski definition) is 8. The largest absolute Gasteiger partial charge is 1.00 e. The summed E-state index contributed by atoms with van der Waals surface area (Å²) in [6.07, 6.45) is 0. The number of halogens is 2. The third-order valence-electron chi connectivity index (χ3n) is 6.12. The van der Waals surface area contributed by atoms with Crippen LogP contribution in [-0.2, 0) is 6.61 Å². The van der Waals surface area contributed by atoms with Gasteiger partial charge >= 0.3 is 40.8 Å². The Balaban J connectivity index is 0. The quantitative estimate of drug-likeness (QED) is 0.155. The van der Waals surface area contributed by atoms with Crippen LogP contribution in [0, 0.1) is 6.92 Å². The van der Waals surface area contributed by atoms with Crippen molar-refractivity contribution in [2.75, 3.05) is 53.7 Å². The normalized spacial score (nSPS) is 9.95. The second kappa shape index (κ2) is 20.3. The van der Waals surface area contributed by atoms with Gasteiger partial charge in [0.25, 0.3) is 0 Å². The van der Waals surface area contributed by atoms with Crippen molar-refractivity contribution in [3.05, 3.63) is 80.5 Å². The zero-order valence-electron chi connectivity index (χ0n) is 25.3. The van der Waals surface area contributed by atoms with E-state index >= 15 is 0 Å². The maximum Gasteiger partial charge on any atom is 1.00 e. The Kier molecular flexibility index (Phi) is 19.5. The van der Waals surface area contributed by atoms with E-state index in [4.69, 9.17) is 13.9 Å². The number of rotatable bonds is 9. The zero-order valence-corrected chi connectivity index (χ0v) is 29.5. The van der Waals surface area contributed by atoms with Crippen molar-refractivity contribution in [1.29, 1.82) is 0 Å². The van der Waals surface area contributed by atoms with E-state index < -0.39 is 5.63 Å². The molecular weight excluding hydrogens is 666 g/mol. The summed E-state index contributed by atoms with van der Waals surface area (Å²) in [5.74, 6) is 0. The van der Waals surface area contributed by atoms with Crippen LogP contribution in [0.25, 0.3) is 21.9 Å². The van der Waals surface area contributed by atoms with Gasteiger partial charge in [0.15, 0.2) is 0 Å². The van der Waals surface area contributed by atoms with Gasteiger partial charge in [-0.25, -0.2) is 9.59 Å². The number of fused-ring (bicyclic) bond motifs is 2. The summed E-state index contributed by atoms with van der Waals surface area (Å²) in [5, 5.41) is 19.8. The van der Waals surface area contributed by atoms with Crippen LogP contribution < -0.4 is 50.6 Å². The van der Waals surface area contributed by atoms with E-state index in [1.807, 2.05) is 37.3 Å². The summed E-state index contributed by atoms with van der Waals surface area (Å²) in [5.41, 5.74) is 4.09. The van der Waals surface area contributed by atoms with E-state index in [9.17, 15) is 14.7 Å². The number of aliphatic hydroxyl groups is 2. The number of hydrogen-bond donors (Lipinski definition) is 2. The number of aryl methyl sites for hydroxylation is 1. The summed E-state index contributed by atoms with van der Waals surface area (Å²) < 4.78 is 10.5. The molecule has 0 bridgehead atoms.